The van der Waals surface area contributed by atoms with E-state index in [0.29, 0.717) is 13.2 Å². The number of furan rings is 1. The number of morpholine rings is 1. The second-order valence-electron chi connectivity index (χ2n) is 6.53. The number of nitrogens with zero attached hydrogens (tertiary/aromatic N) is 2. The van der Waals surface area contributed by atoms with Crippen LogP contribution in [-0.4, -0.2) is 69.9 Å². The molecule has 2 N–H and O–H groups in total. The van der Waals surface area contributed by atoms with Crippen molar-refractivity contribution in [3.63, 3.8) is 0 Å². The average molecular weight is 386 g/mol. The van der Waals surface area contributed by atoms with Gasteiger partial charge < -0.3 is 24.5 Å². The van der Waals surface area contributed by atoms with Gasteiger partial charge in [0.05, 0.1) is 32.6 Å². The fourth-order valence-electron chi connectivity index (χ4n) is 2.92. The number of rotatable bonds is 10. The van der Waals surface area contributed by atoms with E-state index < -0.39 is 0 Å². The summed E-state index contributed by atoms with van der Waals surface area (Å²) < 4.78 is 16.5. The standard InChI is InChI=1S/C21H30N4O3/c1-2-5-19(6-3-1)28-16-11-24-21(22-9-8-20-7-4-15-27-20)23-10-12-25-13-17-26-18-14-25/h1-7,15H,8-14,16-18H2,(H2,22,23,24). The lowest BCUT2D eigenvalue weighted by molar-refractivity contribution is 0.0394. The maximum Gasteiger partial charge on any atom is 0.191 e. The first-order chi connectivity index (χ1) is 13.9. The summed E-state index contributed by atoms with van der Waals surface area (Å²) in [6.45, 7) is 7.29. The van der Waals surface area contributed by atoms with Gasteiger partial charge in [0.1, 0.15) is 18.1 Å². The maximum atomic E-state index is 5.74. The highest BCUT2D eigenvalue weighted by atomic mass is 16.5. The molecular weight excluding hydrogens is 356 g/mol. The van der Waals surface area contributed by atoms with E-state index in [0.717, 1.165) is 69.8 Å². The topological polar surface area (TPSA) is 71.3 Å². The number of hydrogen-bond acceptors (Lipinski definition) is 5. The third kappa shape index (κ3) is 7.62. The Balaban J connectivity index is 1.41. The van der Waals surface area contributed by atoms with Crippen LogP contribution in [0.15, 0.2) is 58.1 Å². The molecule has 0 unspecified atom stereocenters. The minimum absolute atomic E-state index is 0.576. The van der Waals surface area contributed by atoms with E-state index in [1.165, 1.54) is 0 Å². The minimum atomic E-state index is 0.576. The quantitative estimate of drug-likeness (QED) is 0.368. The highest BCUT2D eigenvalue weighted by Crippen LogP contribution is 2.07. The molecule has 1 fully saturated rings. The van der Waals surface area contributed by atoms with Gasteiger partial charge in [-0.2, -0.15) is 0 Å². The molecule has 1 aromatic heterocycles. The summed E-state index contributed by atoms with van der Waals surface area (Å²) in [5, 5.41) is 6.72. The molecule has 0 bridgehead atoms. The average Bonchev–Trinajstić information content (AvgIpc) is 3.26. The van der Waals surface area contributed by atoms with Crippen molar-refractivity contribution < 1.29 is 13.9 Å². The first-order valence-electron chi connectivity index (χ1n) is 9.93. The molecule has 0 aliphatic carbocycles. The number of nitrogens with one attached hydrogen (secondary N) is 2. The fraction of sp³-hybridized carbons (Fsp3) is 0.476. The predicted octanol–water partition coefficient (Wildman–Crippen LogP) is 1.77. The van der Waals surface area contributed by atoms with Gasteiger partial charge in [-0.25, -0.2) is 0 Å². The normalized spacial score (nSPS) is 15.4. The summed E-state index contributed by atoms with van der Waals surface area (Å²) in [6, 6.07) is 13.7. The lowest BCUT2D eigenvalue weighted by Gasteiger charge is -2.25. The van der Waals surface area contributed by atoms with E-state index in [1.807, 2.05) is 42.5 Å². The van der Waals surface area contributed by atoms with Crippen LogP contribution < -0.4 is 15.4 Å². The Morgan fingerprint density at radius 2 is 1.86 bits per heavy atom. The molecule has 0 radical (unpaired) electrons. The molecule has 0 saturated carbocycles. The van der Waals surface area contributed by atoms with Crippen molar-refractivity contribution in [3.05, 3.63) is 54.5 Å². The lowest BCUT2D eigenvalue weighted by Crippen LogP contribution is -2.41. The number of hydrogen-bond donors (Lipinski definition) is 2. The number of benzene rings is 1. The summed E-state index contributed by atoms with van der Waals surface area (Å²) >= 11 is 0. The van der Waals surface area contributed by atoms with Crippen LogP contribution in [0.25, 0.3) is 0 Å². The van der Waals surface area contributed by atoms with Crippen LogP contribution in [0.2, 0.25) is 0 Å². The molecule has 1 aliphatic heterocycles. The first-order valence-corrected chi connectivity index (χ1v) is 9.93. The Kier molecular flexibility index (Phi) is 8.70. The second kappa shape index (κ2) is 12.0. The molecule has 0 atom stereocenters. The summed E-state index contributed by atoms with van der Waals surface area (Å²) in [7, 11) is 0. The molecular formula is C21H30N4O3. The van der Waals surface area contributed by atoms with Crippen molar-refractivity contribution in [2.24, 2.45) is 4.99 Å². The van der Waals surface area contributed by atoms with Gasteiger partial charge >= 0.3 is 0 Å². The smallest absolute Gasteiger partial charge is 0.191 e. The molecule has 7 nitrogen and oxygen atoms in total. The van der Waals surface area contributed by atoms with Crippen LogP contribution in [0, 0.1) is 0 Å². The van der Waals surface area contributed by atoms with E-state index in [2.05, 4.69) is 15.5 Å². The monoisotopic (exact) mass is 386 g/mol. The van der Waals surface area contributed by atoms with Crippen molar-refractivity contribution in [2.75, 3.05) is 59.1 Å². The van der Waals surface area contributed by atoms with Gasteiger partial charge in [0, 0.05) is 32.6 Å². The Morgan fingerprint density at radius 1 is 1.04 bits per heavy atom. The molecule has 2 heterocycles. The van der Waals surface area contributed by atoms with Crippen LogP contribution >= 0.6 is 0 Å². The van der Waals surface area contributed by atoms with E-state index >= 15 is 0 Å². The molecule has 28 heavy (non-hydrogen) atoms. The first kappa shape index (κ1) is 20.2. The van der Waals surface area contributed by atoms with Crippen molar-refractivity contribution >= 4 is 5.96 Å². The zero-order valence-corrected chi connectivity index (χ0v) is 16.3. The summed E-state index contributed by atoms with van der Waals surface area (Å²) in [5.41, 5.74) is 0. The number of ether oxygens (including phenoxy) is 2. The van der Waals surface area contributed by atoms with Gasteiger partial charge in [-0.3, -0.25) is 9.89 Å². The summed E-state index contributed by atoms with van der Waals surface area (Å²) in [4.78, 5) is 7.09. The van der Waals surface area contributed by atoms with Crippen LogP contribution in [0.5, 0.6) is 5.75 Å². The Morgan fingerprint density at radius 3 is 2.64 bits per heavy atom. The molecule has 7 heteroatoms. The lowest BCUT2D eigenvalue weighted by atomic mass is 10.3. The van der Waals surface area contributed by atoms with Gasteiger partial charge in [0.15, 0.2) is 5.96 Å². The molecule has 2 aromatic rings. The molecule has 0 amide bonds. The van der Waals surface area contributed by atoms with Gasteiger partial charge in [-0.1, -0.05) is 18.2 Å². The molecule has 1 aliphatic rings. The van der Waals surface area contributed by atoms with E-state index in [9.17, 15) is 0 Å². The highest BCUT2D eigenvalue weighted by molar-refractivity contribution is 5.79. The van der Waals surface area contributed by atoms with Crippen LogP contribution in [-0.2, 0) is 11.2 Å². The van der Waals surface area contributed by atoms with Gasteiger partial charge in [0.25, 0.3) is 0 Å². The van der Waals surface area contributed by atoms with E-state index in [1.54, 1.807) is 6.26 Å². The van der Waals surface area contributed by atoms with Gasteiger partial charge in [-0.05, 0) is 24.3 Å². The number of para-hydroxylation sites is 1. The predicted molar refractivity (Wildman–Crippen MR) is 110 cm³/mol. The molecule has 1 aromatic carbocycles. The summed E-state index contributed by atoms with van der Waals surface area (Å²) in [5.74, 6) is 2.64. The summed E-state index contributed by atoms with van der Waals surface area (Å²) in [6.07, 6.45) is 2.52. The zero-order valence-electron chi connectivity index (χ0n) is 16.3. The Bertz CT molecular complexity index is 670. The molecule has 3 rings (SSSR count). The zero-order chi connectivity index (χ0) is 19.3. The van der Waals surface area contributed by atoms with E-state index in [-0.39, 0.29) is 0 Å². The van der Waals surface area contributed by atoms with Crippen molar-refractivity contribution in [3.8, 4) is 5.75 Å². The van der Waals surface area contributed by atoms with Crippen LogP contribution in [0.4, 0.5) is 0 Å². The largest absolute Gasteiger partial charge is 0.492 e. The number of guanidine groups is 1. The van der Waals surface area contributed by atoms with E-state index in [4.69, 9.17) is 18.9 Å². The van der Waals surface area contributed by atoms with Crippen molar-refractivity contribution in [1.29, 1.82) is 0 Å². The second-order valence-corrected chi connectivity index (χ2v) is 6.53. The Hall–Kier alpha value is -2.51. The van der Waals surface area contributed by atoms with Crippen LogP contribution in [0.3, 0.4) is 0 Å². The molecule has 152 valence electrons. The molecule has 1 saturated heterocycles. The third-order valence-corrected chi connectivity index (χ3v) is 4.44. The number of aliphatic imine (C=N–C) groups is 1. The highest BCUT2D eigenvalue weighted by Gasteiger charge is 2.09. The third-order valence-electron chi connectivity index (χ3n) is 4.44. The molecule has 0 spiro atoms. The Labute approximate surface area is 166 Å². The minimum Gasteiger partial charge on any atom is -0.492 e. The van der Waals surface area contributed by atoms with Gasteiger partial charge in [0.2, 0.25) is 0 Å². The fourth-order valence-corrected chi connectivity index (χ4v) is 2.92. The van der Waals surface area contributed by atoms with Crippen LogP contribution in [0.1, 0.15) is 5.76 Å². The van der Waals surface area contributed by atoms with Crippen molar-refractivity contribution in [2.45, 2.75) is 6.42 Å². The SMILES string of the molecule is c1ccc(OCCNC(=NCCN2CCOCC2)NCCc2ccco2)cc1. The van der Waals surface area contributed by atoms with Crippen molar-refractivity contribution in [1.82, 2.24) is 15.5 Å². The van der Waals surface area contributed by atoms with Gasteiger partial charge in [-0.15, -0.1) is 0 Å². The maximum absolute atomic E-state index is 5.74.